The standard InChI is InChI=1S/C12H19N5/c1-4-15-17-16-10(3)9(2)12-6-5-11(7-13)8-14-12/h5-6,8-9H,4,7,13H2,1-3H3. The van der Waals surface area contributed by atoms with E-state index < -0.39 is 0 Å². The van der Waals surface area contributed by atoms with Gasteiger partial charge in [-0.2, -0.15) is 5.11 Å². The van der Waals surface area contributed by atoms with Gasteiger partial charge in [-0.3, -0.25) is 4.98 Å². The van der Waals surface area contributed by atoms with Crippen LogP contribution in [0.1, 0.15) is 37.9 Å². The van der Waals surface area contributed by atoms with Crippen molar-refractivity contribution in [1.82, 2.24) is 4.98 Å². The van der Waals surface area contributed by atoms with Crippen LogP contribution in [0.2, 0.25) is 0 Å². The van der Waals surface area contributed by atoms with Crippen LogP contribution in [0.25, 0.3) is 0 Å². The highest BCUT2D eigenvalue weighted by Gasteiger charge is 2.10. The van der Waals surface area contributed by atoms with Crippen molar-refractivity contribution in [3.63, 3.8) is 0 Å². The molecule has 0 aliphatic carbocycles. The van der Waals surface area contributed by atoms with Crippen molar-refractivity contribution >= 4 is 5.71 Å². The zero-order chi connectivity index (χ0) is 12.7. The highest BCUT2D eigenvalue weighted by molar-refractivity contribution is 5.87. The monoisotopic (exact) mass is 233 g/mol. The van der Waals surface area contributed by atoms with Gasteiger partial charge in [0.2, 0.25) is 0 Å². The molecule has 0 aromatic carbocycles. The van der Waals surface area contributed by atoms with Crippen LogP contribution >= 0.6 is 0 Å². The first-order valence-electron chi connectivity index (χ1n) is 5.74. The molecule has 0 radical (unpaired) electrons. The molecule has 0 saturated heterocycles. The van der Waals surface area contributed by atoms with Gasteiger partial charge in [0.05, 0.1) is 6.54 Å². The summed E-state index contributed by atoms with van der Waals surface area (Å²) < 4.78 is 0. The summed E-state index contributed by atoms with van der Waals surface area (Å²) in [5, 5.41) is 11.6. The smallest absolute Gasteiger partial charge is 0.0592 e. The highest BCUT2D eigenvalue weighted by Crippen LogP contribution is 2.15. The molecule has 0 fully saturated rings. The zero-order valence-corrected chi connectivity index (χ0v) is 10.6. The molecule has 1 rings (SSSR count). The molecule has 0 amide bonds. The normalized spacial score (nSPS) is 14.2. The maximum Gasteiger partial charge on any atom is 0.0592 e. The fraction of sp³-hybridized carbons (Fsp3) is 0.500. The van der Waals surface area contributed by atoms with Crippen molar-refractivity contribution < 1.29 is 0 Å². The Morgan fingerprint density at radius 3 is 2.76 bits per heavy atom. The van der Waals surface area contributed by atoms with Crippen molar-refractivity contribution in [3.05, 3.63) is 29.6 Å². The predicted octanol–water partition coefficient (Wildman–Crippen LogP) is 2.49. The lowest BCUT2D eigenvalue weighted by Crippen LogP contribution is -2.07. The average molecular weight is 233 g/mol. The number of aromatic nitrogens is 1. The van der Waals surface area contributed by atoms with Gasteiger partial charge in [-0.15, -0.1) is 5.10 Å². The van der Waals surface area contributed by atoms with Gasteiger partial charge in [0.1, 0.15) is 0 Å². The minimum Gasteiger partial charge on any atom is -0.326 e. The van der Waals surface area contributed by atoms with Crippen LogP contribution in [-0.2, 0) is 6.54 Å². The van der Waals surface area contributed by atoms with Crippen LogP contribution in [-0.4, -0.2) is 17.2 Å². The molecule has 0 aliphatic heterocycles. The molecule has 0 saturated carbocycles. The Bertz CT molecular complexity index is 394. The van der Waals surface area contributed by atoms with Crippen LogP contribution < -0.4 is 5.73 Å². The lowest BCUT2D eigenvalue weighted by molar-refractivity contribution is 0.885. The Labute approximate surface area is 102 Å². The average Bonchev–Trinajstić information content (AvgIpc) is 2.38. The van der Waals surface area contributed by atoms with Crippen molar-refractivity contribution in [2.75, 3.05) is 6.54 Å². The van der Waals surface area contributed by atoms with E-state index in [9.17, 15) is 0 Å². The molecule has 5 heteroatoms. The number of hydrogen-bond donors (Lipinski definition) is 1. The Morgan fingerprint density at radius 2 is 2.24 bits per heavy atom. The molecule has 1 heterocycles. The third-order valence-corrected chi connectivity index (χ3v) is 2.56. The Kier molecular flexibility index (Phi) is 5.42. The summed E-state index contributed by atoms with van der Waals surface area (Å²) in [6.45, 7) is 7.06. The Hall–Kier alpha value is -1.62. The van der Waals surface area contributed by atoms with Crippen molar-refractivity contribution in [2.45, 2.75) is 33.2 Å². The predicted molar refractivity (Wildman–Crippen MR) is 69.0 cm³/mol. The van der Waals surface area contributed by atoms with E-state index >= 15 is 0 Å². The fourth-order valence-corrected chi connectivity index (χ4v) is 1.28. The third-order valence-electron chi connectivity index (χ3n) is 2.56. The van der Waals surface area contributed by atoms with E-state index in [0.29, 0.717) is 13.1 Å². The molecule has 2 N–H and O–H groups in total. The van der Waals surface area contributed by atoms with E-state index in [1.165, 1.54) is 0 Å². The Morgan fingerprint density at radius 1 is 1.47 bits per heavy atom. The van der Waals surface area contributed by atoms with Crippen LogP contribution in [0.4, 0.5) is 0 Å². The zero-order valence-electron chi connectivity index (χ0n) is 10.6. The van der Waals surface area contributed by atoms with Gasteiger partial charge in [-0.25, -0.2) is 0 Å². The lowest BCUT2D eigenvalue weighted by Gasteiger charge is -2.09. The van der Waals surface area contributed by atoms with E-state index in [2.05, 4.69) is 20.4 Å². The number of nitrogens with zero attached hydrogens (tertiary/aromatic N) is 4. The Balaban J connectivity index is 2.77. The third kappa shape index (κ3) is 4.03. The summed E-state index contributed by atoms with van der Waals surface area (Å²) >= 11 is 0. The van der Waals surface area contributed by atoms with E-state index in [4.69, 9.17) is 5.73 Å². The quantitative estimate of drug-likeness (QED) is 0.482. The molecular weight excluding hydrogens is 214 g/mol. The maximum absolute atomic E-state index is 5.53. The van der Waals surface area contributed by atoms with Gasteiger partial charge in [0.25, 0.3) is 0 Å². The molecule has 1 aromatic heterocycles. The van der Waals surface area contributed by atoms with Gasteiger partial charge < -0.3 is 5.73 Å². The van der Waals surface area contributed by atoms with Gasteiger partial charge in [-0.05, 0) is 30.7 Å². The minimum absolute atomic E-state index is 0.137. The highest BCUT2D eigenvalue weighted by atomic mass is 15.4. The van der Waals surface area contributed by atoms with Gasteiger partial charge in [-0.1, -0.05) is 13.0 Å². The van der Waals surface area contributed by atoms with Crippen molar-refractivity contribution in [2.24, 2.45) is 21.2 Å². The molecule has 17 heavy (non-hydrogen) atoms. The SMILES string of the molecule is CCN=NN=C(C)C(C)c1ccc(CN)cn1. The summed E-state index contributed by atoms with van der Waals surface area (Å²) in [5.41, 5.74) is 8.42. The fourth-order valence-electron chi connectivity index (χ4n) is 1.28. The van der Waals surface area contributed by atoms with Crippen LogP contribution in [0.5, 0.6) is 0 Å². The molecule has 0 bridgehead atoms. The van der Waals surface area contributed by atoms with Crippen molar-refractivity contribution in [1.29, 1.82) is 0 Å². The van der Waals surface area contributed by atoms with Crippen LogP contribution in [0, 0.1) is 0 Å². The lowest BCUT2D eigenvalue weighted by atomic mass is 10.0. The second kappa shape index (κ2) is 6.85. The van der Waals surface area contributed by atoms with E-state index in [1.54, 1.807) is 6.20 Å². The number of nitrogens with two attached hydrogens (primary N) is 1. The van der Waals surface area contributed by atoms with Crippen LogP contribution in [0.15, 0.2) is 33.8 Å². The number of pyridine rings is 1. The van der Waals surface area contributed by atoms with E-state index in [0.717, 1.165) is 17.0 Å². The van der Waals surface area contributed by atoms with Crippen LogP contribution in [0.3, 0.4) is 0 Å². The summed E-state index contributed by atoms with van der Waals surface area (Å²) in [4.78, 5) is 4.37. The second-order valence-corrected chi connectivity index (χ2v) is 3.81. The first-order valence-corrected chi connectivity index (χ1v) is 5.74. The first kappa shape index (κ1) is 13.4. The van der Waals surface area contributed by atoms with Gasteiger partial charge in [0.15, 0.2) is 0 Å². The largest absolute Gasteiger partial charge is 0.326 e. The molecule has 5 nitrogen and oxygen atoms in total. The van der Waals surface area contributed by atoms with Crippen molar-refractivity contribution in [3.8, 4) is 0 Å². The summed E-state index contributed by atoms with van der Waals surface area (Å²) in [6.07, 6.45) is 1.80. The van der Waals surface area contributed by atoms with Gasteiger partial charge in [0, 0.05) is 30.1 Å². The molecule has 1 aromatic rings. The molecule has 0 aliphatic rings. The summed E-state index contributed by atoms with van der Waals surface area (Å²) in [7, 11) is 0. The van der Waals surface area contributed by atoms with E-state index in [1.807, 2.05) is 32.9 Å². The van der Waals surface area contributed by atoms with E-state index in [-0.39, 0.29) is 5.92 Å². The molecule has 0 spiro atoms. The first-order chi connectivity index (χ1) is 8.19. The summed E-state index contributed by atoms with van der Waals surface area (Å²) in [5.74, 6) is 0.137. The van der Waals surface area contributed by atoms with Gasteiger partial charge >= 0.3 is 0 Å². The second-order valence-electron chi connectivity index (χ2n) is 3.81. The number of rotatable bonds is 5. The molecule has 1 atom stereocenters. The minimum atomic E-state index is 0.137. The summed E-state index contributed by atoms with van der Waals surface area (Å²) in [6, 6.07) is 3.96. The number of hydrogen-bond acceptors (Lipinski definition) is 4. The topological polar surface area (TPSA) is 76.0 Å². The maximum atomic E-state index is 5.53. The molecular formula is C12H19N5. The molecule has 1 unspecified atom stereocenters. The molecule has 92 valence electrons.